The van der Waals surface area contributed by atoms with E-state index in [4.69, 9.17) is 9.47 Å². The number of phenolic OH excluding ortho intramolecular Hbond substituents is 1. The summed E-state index contributed by atoms with van der Waals surface area (Å²) in [4.78, 5) is 11.7. The molecule has 0 fully saturated rings. The van der Waals surface area contributed by atoms with Crippen molar-refractivity contribution in [1.82, 2.24) is 0 Å². The molecule has 2 aromatic carbocycles. The predicted molar refractivity (Wildman–Crippen MR) is 116 cm³/mol. The average molecular weight is 436 g/mol. The lowest BCUT2D eigenvalue weighted by atomic mass is 10.2. The maximum Gasteiger partial charge on any atom is 0.306 e. The molecule has 30 heavy (non-hydrogen) atoms. The molecule has 0 aliphatic rings. The fourth-order valence-corrected chi connectivity index (χ4v) is 3.81. The Bertz CT molecular complexity index is 936. The molecule has 0 aliphatic carbocycles. The summed E-state index contributed by atoms with van der Waals surface area (Å²) in [6.07, 6.45) is 0.852. The van der Waals surface area contributed by atoms with E-state index in [9.17, 15) is 18.3 Å². The van der Waals surface area contributed by atoms with Gasteiger partial charge in [-0.15, -0.1) is 0 Å². The third kappa shape index (κ3) is 8.73. The zero-order chi connectivity index (χ0) is 22.2. The fourth-order valence-electron chi connectivity index (χ4n) is 2.63. The number of hydrogen-bond acceptors (Lipinski definition) is 6. The van der Waals surface area contributed by atoms with Gasteiger partial charge in [0, 0.05) is 12.5 Å². The molecule has 0 amide bonds. The Hall–Kier alpha value is -2.74. The van der Waals surface area contributed by atoms with Gasteiger partial charge in [-0.1, -0.05) is 30.3 Å². The number of carbonyl (C=O) groups excluding carboxylic acids is 1. The molecule has 8 heteroatoms. The van der Waals surface area contributed by atoms with E-state index < -0.39 is 15.6 Å². The molecule has 0 spiro atoms. The second-order valence-corrected chi connectivity index (χ2v) is 9.76. The minimum atomic E-state index is -3.68. The van der Waals surface area contributed by atoms with Crippen LogP contribution in [0.2, 0.25) is 0 Å². The first kappa shape index (κ1) is 23.5. The van der Waals surface area contributed by atoms with Crippen molar-refractivity contribution in [2.24, 2.45) is 0 Å². The molecule has 0 saturated heterocycles. The molecule has 0 unspecified atom stereocenters. The Morgan fingerprint density at radius 3 is 2.43 bits per heavy atom. The summed E-state index contributed by atoms with van der Waals surface area (Å²) >= 11 is 0. The van der Waals surface area contributed by atoms with Gasteiger partial charge in [0.2, 0.25) is 10.0 Å². The van der Waals surface area contributed by atoms with Crippen LogP contribution in [0.5, 0.6) is 11.5 Å². The molecular weight excluding hydrogens is 406 g/mol. The van der Waals surface area contributed by atoms with Gasteiger partial charge in [-0.3, -0.25) is 9.52 Å². The summed E-state index contributed by atoms with van der Waals surface area (Å²) in [5, 5.41) is 9.75. The van der Waals surface area contributed by atoms with E-state index in [1.807, 2.05) is 30.3 Å². The molecule has 0 aliphatic heterocycles. The van der Waals surface area contributed by atoms with Gasteiger partial charge in [0.25, 0.3) is 0 Å². The Morgan fingerprint density at radius 1 is 1.07 bits per heavy atom. The van der Waals surface area contributed by atoms with E-state index in [1.54, 1.807) is 20.8 Å². The number of rotatable bonds is 10. The van der Waals surface area contributed by atoms with E-state index in [2.05, 4.69) is 4.72 Å². The van der Waals surface area contributed by atoms with Gasteiger partial charge in [-0.05, 0) is 51.3 Å². The topological polar surface area (TPSA) is 102 Å². The van der Waals surface area contributed by atoms with E-state index in [-0.39, 0.29) is 36.2 Å². The highest BCUT2D eigenvalue weighted by Gasteiger charge is 2.18. The summed E-state index contributed by atoms with van der Waals surface area (Å²) in [5.74, 6) is -0.278. The molecule has 0 saturated carbocycles. The van der Waals surface area contributed by atoms with Crippen molar-refractivity contribution >= 4 is 21.7 Å². The van der Waals surface area contributed by atoms with Gasteiger partial charge in [-0.2, -0.15) is 0 Å². The number of carbonyl (C=O) groups is 1. The Kier molecular flexibility index (Phi) is 8.11. The van der Waals surface area contributed by atoms with Crippen molar-refractivity contribution in [3.63, 3.8) is 0 Å². The highest BCUT2D eigenvalue weighted by molar-refractivity contribution is 7.92. The number of esters is 1. The summed E-state index contributed by atoms with van der Waals surface area (Å²) < 4.78 is 38.3. The SMILES string of the molecule is CC(C)(C)OC(=O)CCCCS(=O)(=O)Nc1cc(O)ccc1OCc1ccccc1. The van der Waals surface area contributed by atoms with E-state index in [0.29, 0.717) is 18.6 Å². The number of sulfonamides is 1. The molecule has 2 aromatic rings. The second kappa shape index (κ2) is 10.3. The predicted octanol–water partition coefficient (Wildman–Crippen LogP) is 4.22. The molecule has 0 heterocycles. The van der Waals surface area contributed by atoms with Gasteiger partial charge in [0.15, 0.2) is 0 Å². The molecule has 7 nitrogen and oxygen atoms in total. The van der Waals surface area contributed by atoms with Crippen LogP contribution < -0.4 is 9.46 Å². The summed E-state index contributed by atoms with van der Waals surface area (Å²) in [6, 6.07) is 13.7. The van der Waals surface area contributed by atoms with Crippen LogP contribution in [0.1, 0.15) is 45.6 Å². The summed E-state index contributed by atoms with van der Waals surface area (Å²) in [7, 11) is -3.68. The van der Waals surface area contributed by atoms with Gasteiger partial charge in [0.05, 0.1) is 11.4 Å². The first-order valence-corrected chi connectivity index (χ1v) is 11.4. The lowest BCUT2D eigenvalue weighted by Gasteiger charge is -2.19. The lowest BCUT2D eigenvalue weighted by molar-refractivity contribution is -0.154. The number of nitrogens with one attached hydrogen (secondary N) is 1. The van der Waals surface area contributed by atoms with Crippen molar-refractivity contribution in [3.8, 4) is 11.5 Å². The van der Waals surface area contributed by atoms with Crippen molar-refractivity contribution in [2.75, 3.05) is 10.5 Å². The van der Waals surface area contributed by atoms with Crippen molar-refractivity contribution in [2.45, 2.75) is 52.2 Å². The van der Waals surface area contributed by atoms with Crippen LogP contribution in [-0.4, -0.2) is 30.8 Å². The number of hydrogen-bond donors (Lipinski definition) is 2. The third-order valence-corrected chi connectivity index (χ3v) is 5.29. The minimum Gasteiger partial charge on any atom is -0.508 e. The van der Waals surface area contributed by atoms with E-state index in [0.717, 1.165) is 5.56 Å². The van der Waals surface area contributed by atoms with Crippen molar-refractivity contribution in [1.29, 1.82) is 0 Å². The van der Waals surface area contributed by atoms with Crippen molar-refractivity contribution in [3.05, 3.63) is 54.1 Å². The Balaban J connectivity index is 1.92. The zero-order valence-corrected chi connectivity index (χ0v) is 18.4. The molecule has 164 valence electrons. The maximum atomic E-state index is 12.4. The van der Waals surface area contributed by atoms with Crippen LogP contribution in [0.15, 0.2) is 48.5 Å². The summed E-state index contributed by atoms with van der Waals surface area (Å²) in [6.45, 7) is 5.61. The average Bonchev–Trinajstić information content (AvgIpc) is 2.64. The van der Waals surface area contributed by atoms with Gasteiger partial charge in [0.1, 0.15) is 23.7 Å². The molecule has 0 atom stereocenters. The van der Waals surface area contributed by atoms with Crippen molar-refractivity contribution < 1.29 is 27.8 Å². The Labute approximate surface area is 178 Å². The molecule has 2 rings (SSSR count). The van der Waals surface area contributed by atoms with Gasteiger partial charge >= 0.3 is 5.97 Å². The number of phenols is 1. The largest absolute Gasteiger partial charge is 0.508 e. The monoisotopic (exact) mass is 435 g/mol. The second-order valence-electron chi connectivity index (χ2n) is 7.92. The molecular formula is C22H29NO6S. The molecule has 2 N–H and O–H groups in total. The molecule has 0 aromatic heterocycles. The standard InChI is InChI=1S/C22H29NO6S/c1-22(2,3)29-21(25)11-7-8-14-30(26,27)23-19-15-18(24)12-13-20(19)28-16-17-9-5-4-6-10-17/h4-6,9-10,12-13,15,23-24H,7-8,11,14,16H2,1-3H3. The van der Waals surface area contributed by atoms with E-state index >= 15 is 0 Å². The minimum absolute atomic E-state index is 0.0790. The number of aromatic hydroxyl groups is 1. The smallest absolute Gasteiger partial charge is 0.306 e. The van der Waals surface area contributed by atoms with Crippen LogP contribution >= 0.6 is 0 Å². The van der Waals surface area contributed by atoms with E-state index in [1.165, 1.54) is 18.2 Å². The highest BCUT2D eigenvalue weighted by atomic mass is 32.2. The highest BCUT2D eigenvalue weighted by Crippen LogP contribution is 2.30. The zero-order valence-electron chi connectivity index (χ0n) is 17.6. The fraction of sp³-hybridized carbons (Fsp3) is 0.409. The normalized spacial score (nSPS) is 11.7. The van der Waals surface area contributed by atoms with Crippen LogP contribution in [0.3, 0.4) is 0 Å². The van der Waals surface area contributed by atoms with Crippen LogP contribution in [0.25, 0.3) is 0 Å². The molecule has 0 bridgehead atoms. The number of anilines is 1. The number of benzene rings is 2. The maximum absolute atomic E-state index is 12.4. The Morgan fingerprint density at radius 2 is 1.77 bits per heavy atom. The first-order valence-electron chi connectivity index (χ1n) is 9.76. The lowest BCUT2D eigenvalue weighted by Crippen LogP contribution is -2.24. The van der Waals surface area contributed by atoms with Crippen LogP contribution in [-0.2, 0) is 26.2 Å². The first-order chi connectivity index (χ1) is 14.0. The van der Waals surface area contributed by atoms with Gasteiger partial charge in [-0.25, -0.2) is 8.42 Å². The summed E-state index contributed by atoms with van der Waals surface area (Å²) in [5.41, 5.74) is 0.538. The van der Waals surface area contributed by atoms with Crippen LogP contribution in [0.4, 0.5) is 5.69 Å². The molecule has 0 radical (unpaired) electrons. The number of unbranched alkanes of at least 4 members (excludes halogenated alkanes) is 1. The number of ether oxygens (including phenoxy) is 2. The van der Waals surface area contributed by atoms with Crippen LogP contribution in [0, 0.1) is 0 Å². The quantitative estimate of drug-likeness (QED) is 0.428. The third-order valence-electron chi connectivity index (χ3n) is 3.93. The van der Waals surface area contributed by atoms with Gasteiger partial charge < -0.3 is 14.6 Å².